The van der Waals surface area contributed by atoms with Gasteiger partial charge in [-0.3, -0.25) is 9.89 Å². The predicted molar refractivity (Wildman–Crippen MR) is 107 cm³/mol. The molecule has 4 rings (SSSR count). The maximum Gasteiger partial charge on any atom is 0.193 e. The quantitative estimate of drug-likeness (QED) is 0.641. The fourth-order valence-corrected chi connectivity index (χ4v) is 4.39. The van der Waals surface area contributed by atoms with E-state index in [-0.39, 0.29) is 12.2 Å². The summed E-state index contributed by atoms with van der Waals surface area (Å²) in [5.74, 6) is 0.985. The van der Waals surface area contributed by atoms with Crippen LogP contribution in [0.25, 0.3) is 0 Å². The minimum atomic E-state index is 0.165. The number of guanidine groups is 1. The average molecular weight is 373 g/mol. The van der Waals surface area contributed by atoms with Crippen LogP contribution in [0.3, 0.4) is 0 Å². The van der Waals surface area contributed by atoms with Crippen molar-refractivity contribution in [1.82, 2.24) is 15.1 Å². The van der Waals surface area contributed by atoms with Crippen molar-refractivity contribution in [3.63, 3.8) is 0 Å². The molecule has 0 aromatic heterocycles. The monoisotopic (exact) mass is 372 g/mol. The standard InChI is InChI=1S/C21H32N4O2/c1-22-21(25-12-14-27-20(16-25)19-7-4-13-26-19)23-9-11-24-10-8-17-5-2-3-6-18(17)15-24/h2-3,5-6,19-20H,4,7-16H2,1H3,(H,22,23). The van der Waals surface area contributed by atoms with Crippen LogP contribution in [0.5, 0.6) is 0 Å². The van der Waals surface area contributed by atoms with Gasteiger partial charge in [0.1, 0.15) is 6.10 Å². The van der Waals surface area contributed by atoms with Crippen LogP contribution in [0.2, 0.25) is 0 Å². The first-order valence-corrected chi connectivity index (χ1v) is 10.3. The summed E-state index contributed by atoms with van der Waals surface area (Å²) in [7, 11) is 1.87. The van der Waals surface area contributed by atoms with E-state index >= 15 is 0 Å². The number of fused-ring (bicyclic) bond motifs is 1. The van der Waals surface area contributed by atoms with Gasteiger partial charge in [-0.05, 0) is 30.4 Å². The van der Waals surface area contributed by atoms with Crippen LogP contribution in [-0.2, 0) is 22.4 Å². The Bertz CT molecular complexity index is 645. The molecular formula is C21H32N4O2. The van der Waals surface area contributed by atoms with Gasteiger partial charge in [0.05, 0.1) is 12.7 Å². The van der Waals surface area contributed by atoms with Gasteiger partial charge in [0.2, 0.25) is 0 Å². The highest BCUT2D eigenvalue weighted by atomic mass is 16.5. The van der Waals surface area contributed by atoms with Gasteiger partial charge in [-0.25, -0.2) is 0 Å². The first-order valence-electron chi connectivity index (χ1n) is 10.3. The average Bonchev–Trinajstić information content (AvgIpc) is 3.26. The molecule has 0 saturated carbocycles. The number of ether oxygens (including phenoxy) is 2. The maximum atomic E-state index is 5.96. The zero-order valence-electron chi connectivity index (χ0n) is 16.4. The number of rotatable bonds is 4. The minimum Gasteiger partial charge on any atom is -0.375 e. The summed E-state index contributed by atoms with van der Waals surface area (Å²) >= 11 is 0. The van der Waals surface area contributed by atoms with E-state index in [1.165, 1.54) is 11.1 Å². The molecule has 3 aliphatic rings. The molecule has 2 saturated heterocycles. The fourth-order valence-electron chi connectivity index (χ4n) is 4.39. The Labute approximate surface area is 162 Å². The minimum absolute atomic E-state index is 0.165. The third-order valence-corrected chi connectivity index (χ3v) is 5.91. The number of benzene rings is 1. The largest absolute Gasteiger partial charge is 0.375 e. The lowest BCUT2D eigenvalue weighted by Gasteiger charge is -2.37. The second-order valence-corrected chi connectivity index (χ2v) is 7.68. The molecule has 1 aromatic rings. The molecule has 2 fully saturated rings. The van der Waals surface area contributed by atoms with Gasteiger partial charge in [-0.2, -0.15) is 0 Å². The number of aliphatic imine (C=N–C) groups is 1. The van der Waals surface area contributed by atoms with Crippen LogP contribution in [0.4, 0.5) is 0 Å². The summed E-state index contributed by atoms with van der Waals surface area (Å²) in [4.78, 5) is 9.35. The highest BCUT2D eigenvalue weighted by Gasteiger charge is 2.32. The number of nitrogens with one attached hydrogen (secondary N) is 1. The van der Waals surface area contributed by atoms with E-state index < -0.39 is 0 Å². The first kappa shape index (κ1) is 18.7. The van der Waals surface area contributed by atoms with Crippen LogP contribution in [0.15, 0.2) is 29.3 Å². The molecule has 2 atom stereocenters. The van der Waals surface area contributed by atoms with Crippen molar-refractivity contribution in [3.05, 3.63) is 35.4 Å². The van der Waals surface area contributed by atoms with E-state index in [2.05, 4.69) is 44.4 Å². The predicted octanol–water partition coefficient (Wildman–Crippen LogP) is 1.50. The highest BCUT2D eigenvalue weighted by Crippen LogP contribution is 2.21. The molecule has 2 unspecified atom stereocenters. The fraction of sp³-hybridized carbons (Fsp3) is 0.667. The molecule has 0 bridgehead atoms. The van der Waals surface area contributed by atoms with Gasteiger partial charge in [-0.1, -0.05) is 24.3 Å². The maximum absolute atomic E-state index is 5.96. The molecule has 148 valence electrons. The lowest BCUT2D eigenvalue weighted by atomic mass is 10.00. The number of hydrogen-bond acceptors (Lipinski definition) is 4. The molecule has 3 heterocycles. The van der Waals surface area contributed by atoms with Crippen LogP contribution < -0.4 is 5.32 Å². The topological polar surface area (TPSA) is 49.3 Å². The molecular weight excluding hydrogens is 340 g/mol. The Morgan fingerprint density at radius 2 is 2.00 bits per heavy atom. The SMILES string of the molecule is CN=C(NCCN1CCc2ccccc2C1)N1CCOC(C2CCCO2)C1. The lowest BCUT2D eigenvalue weighted by Crippen LogP contribution is -2.54. The third kappa shape index (κ3) is 4.62. The molecule has 1 aromatic carbocycles. The van der Waals surface area contributed by atoms with Crippen LogP contribution >= 0.6 is 0 Å². The Kier molecular flexibility index (Phi) is 6.27. The van der Waals surface area contributed by atoms with Crippen molar-refractivity contribution in [2.24, 2.45) is 4.99 Å². The molecule has 27 heavy (non-hydrogen) atoms. The summed E-state index contributed by atoms with van der Waals surface area (Å²) in [6.45, 7) is 7.50. The first-order chi connectivity index (χ1) is 13.3. The van der Waals surface area contributed by atoms with Gasteiger partial charge in [0.15, 0.2) is 5.96 Å². The molecule has 0 aliphatic carbocycles. The Hall–Kier alpha value is -1.63. The zero-order chi connectivity index (χ0) is 18.5. The van der Waals surface area contributed by atoms with E-state index in [0.717, 1.165) is 77.7 Å². The van der Waals surface area contributed by atoms with E-state index in [9.17, 15) is 0 Å². The van der Waals surface area contributed by atoms with Gasteiger partial charge in [-0.15, -0.1) is 0 Å². The van der Waals surface area contributed by atoms with E-state index in [1.54, 1.807) is 0 Å². The van der Waals surface area contributed by atoms with Crippen LogP contribution in [0.1, 0.15) is 24.0 Å². The van der Waals surface area contributed by atoms with Gasteiger partial charge in [0.25, 0.3) is 0 Å². The van der Waals surface area contributed by atoms with Gasteiger partial charge >= 0.3 is 0 Å². The van der Waals surface area contributed by atoms with E-state index in [4.69, 9.17) is 9.47 Å². The summed E-state index contributed by atoms with van der Waals surface area (Å²) in [6, 6.07) is 8.81. The van der Waals surface area contributed by atoms with Crippen molar-refractivity contribution < 1.29 is 9.47 Å². The summed E-state index contributed by atoms with van der Waals surface area (Å²) in [5, 5.41) is 3.56. The second-order valence-electron chi connectivity index (χ2n) is 7.68. The molecule has 1 N–H and O–H groups in total. The van der Waals surface area contributed by atoms with E-state index in [0.29, 0.717) is 0 Å². The number of hydrogen-bond donors (Lipinski definition) is 1. The Morgan fingerprint density at radius 3 is 2.81 bits per heavy atom. The lowest BCUT2D eigenvalue weighted by molar-refractivity contribution is -0.0817. The zero-order valence-corrected chi connectivity index (χ0v) is 16.4. The van der Waals surface area contributed by atoms with Crippen molar-refractivity contribution in [3.8, 4) is 0 Å². The summed E-state index contributed by atoms with van der Waals surface area (Å²) in [5.41, 5.74) is 2.98. The molecule has 0 radical (unpaired) electrons. The highest BCUT2D eigenvalue weighted by molar-refractivity contribution is 5.80. The van der Waals surface area contributed by atoms with Crippen molar-refractivity contribution in [1.29, 1.82) is 0 Å². The molecule has 6 nitrogen and oxygen atoms in total. The molecule has 0 spiro atoms. The molecule has 0 amide bonds. The normalized spacial score (nSPS) is 26.9. The summed E-state index contributed by atoms with van der Waals surface area (Å²) in [6.07, 6.45) is 3.83. The third-order valence-electron chi connectivity index (χ3n) is 5.91. The van der Waals surface area contributed by atoms with Crippen molar-refractivity contribution >= 4 is 5.96 Å². The Morgan fingerprint density at radius 1 is 1.15 bits per heavy atom. The Balaban J connectivity index is 1.25. The van der Waals surface area contributed by atoms with E-state index in [1.807, 2.05) is 7.05 Å². The van der Waals surface area contributed by atoms with Crippen molar-refractivity contribution in [2.45, 2.75) is 38.0 Å². The molecule has 6 heteroatoms. The van der Waals surface area contributed by atoms with Gasteiger partial charge < -0.3 is 19.7 Å². The van der Waals surface area contributed by atoms with Crippen LogP contribution in [0, 0.1) is 0 Å². The number of nitrogens with zero attached hydrogens (tertiary/aromatic N) is 3. The van der Waals surface area contributed by atoms with Crippen molar-refractivity contribution in [2.75, 3.05) is 53.0 Å². The summed E-state index contributed by atoms with van der Waals surface area (Å²) < 4.78 is 11.8. The number of morpholine rings is 1. The molecule has 3 aliphatic heterocycles. The second kappa shape index (κ2) is 9.04. The van der Waals surface area contributed by atoms with Gasteiger partial charge in [0, 0.05) is 52.9 Å². The van der Waals surface area contributed by atoms with Crippen LogP contribution in [-0.4, -0.2) is 81.0 Å². The smallest absolute Gasteiger partial charge is 0.193 e.